The second-order valence-corrected chi connectivity index (χ2v) is 6.81. The van der Waals surface area contributed by atoms with Gasteiger partial charge < -0.3 is 20.1 Å². The molecule has 6 nitrogen and oxygen atoms in total. The number of benzene rings is 1. The summed E-state index contributed by atoms with van der Waals surface area (Å²) in [7, 11) is 4.01. The summed E-state index contributed by atoms with van der Waals surface area (Å²) in [5, 5.41) is 10.2. The number of hydrogen-bond acceptors (Lipinski definition) is 5. The molecule has 2 N–H and O–H groups in total. The summed E-state index contributed by atoms with van der Waals surface area (Å²) in [6.07, 6.45) is 2.24. The van der Waals surface area contributed by atoms with Gasteiger partial charge in [0, 0.05) is 30.9 Å². The summed E-state index contributed by atoms with van der Waals surface area (Å²) >= 11 is 0. The highest BCUT2D eigenvalue weighted by Crippen LogP contribution is 2.26. The van der Waals surface area contributed by atoms with Gasteiger partial charge in [-0.05, 0) is 63.5 Å². The Morgan fingerprint density at radius 2 is 2.08 bits per heavy atom. The highest BCUT2D eigenvalue weighted by atomic mass is 16.5. The molecule has 0 bridgehead atoms. The van der Waals surface area contributed by atoms with Crippen LogP contribution in [-0.2, 0) is 0 Å². The largest absolute Gasteiger partial charge is 0.388 e. The summed E-state index contributed by atoms with van der Waals surface area (Å²) in [5.41, 5.74) is 3.73. The van der Waals surface area contributed by atoms with Crippen molar-refractivity contribution in [2.45, 2.75) is 19.8 Å². The van der Waals surface area contributed by atoms with Gasteiger partial charge in [-0.15, -0.1) is 0 Å². The highest BCUT2D eigenvalue weighted by Gasteiger charge is 2.20. The van der Waals surface area contributed by atoms with Crippen LogP contribution >= 0.6 is 0 Å². The maximum atomic E-state index is 12.3. The number of carbonyl (C=O) groups excluding carboxylic acids is 1. The number of likely N-dealkylation sites (tertiary alicyclic amines) is 1. The van der Waals surface area contributed by atoms with E-state index in [1.807, 2.05) is 32.2 Å². The molecule has 1 amide bonds. The van der Waals surface area contributed by atoms with Crippen molar-refractivity contribution in [1.82, 2.24) is 15.4 Å². The van der Waals surface area contributed by atoms with E-state index in [1.165, 1.54) is 0 Å². The maximum absolute atomic E-state index is 12.3. The molecule has 6 heteroatoms. The lowest BCUT2D eigenvalue weighted by Crippen LogP contribution is -2.36. The summed E-state index contributed by atoms with van der Waals surface area (Å²) in [6, 6.07) is 7.75. The molecule has 0 atom stereocenters. The van der Waals surface area contributed by atoms with Crippen molar-refractivity contribution in [3.63, 3.8) is 0 Å². The molecule has 3 rings (SSSR count). The Bertz CT molecular complexity index is 733. The molecule has 25 heavy (non-hydrogen) atoms. The molecule has 0 radical (unpaired) electrons. The molecule has 2 heterocycles. The number of aryl methyl sites for hydroxylation is 1. The molecular weight excluding hydrogens is 316 g/mol. The Morgan fingerprint density at radius 1 is 1.32 bits per heavy atom. The number of piperidine rings is 1. The lowest BCUT2D eigenvalue weighted by atomic mass is 9.97. The van der Waals surface area contributed by atoms with Crippen LogP contribution in [0.4, 0.5) is 5.69 Å². The van der Waals surface area contributed by atoms with Crippen LogP contribution < -0.4 is 10.6 Å². The number of carbonyl (C=O) groups is 1. The minimum Gasteiger partial charge on any atom is -0.388 e. The van der Waals surface area contributed by atoms with Crippen LogP contribution in [0, 0.1) is 12.8 Å². The molecule has 1 aliphatic heterocycles. The fourth-order valence-corrected chi connectivity index (χ4v) is 3.15. The first kappa shape index (κ1) is 17.5. The molecule has 2 aromatic rings. The van der Waals surface area contributed by atoms with Gasteiger partial charge in [0.25, 0.3) is 5.91 Å². The van der Waals surface area contributed by atoms with Crippen LogP contribution in [-0.4, -0.2) is 49.7 Å². The standard InChI is InChI=1S/C19H26N4O2/c1-13-4-5-15(20-2)10-16(13)17-11-18(25-22-17)19(24)21-12-14-6-8-23(3)9-7-14/h4-5,10-11,14,20H,6-9,12H2,1-3H3,(H,21,24). The lowest BCUT2D eigenvalue weighted by molar-refractivity contribution is 0.0902. The van der Waals surface area contributed by atoms with E-state index < -0.39 is 0 Å². The van der Waals surface area contributed by atoms with Gasteiger partial charge in [-0.25, -0.2) is 0 Å². The van der Waals surface area contributed by atoms with E-state index in [9.17, 15) is 4.79 Å². The number of hydrogen-bond donors (Lipinski definition) is 2. The van der Waals surface area contributed by atoms with Gasteiger partial charge in [0.2, 0.25) is 5.76 Å². The second-order valence-electron chi connectivity index (χ2n) is 6.81. The van der Waals surface area contributed by atoms with Gasteiger partial charge in [0.15, 0.2) is 0 Å². The summed E-state index contributed by atoms with van der Waals surface area (Å²) in [5.74, 6) is 0.606. The molecule has 1 fully saturated rings. The van der Waals surface area contributed by atoms with Crippen LogP contribution in [0.1, 0.15) is 29.0 Å². The predicted octanol–water partition coefficient (Wildman–Crippen LogP) is 2.76. The number of anilines is 1. The first-order chi connectivity index (χ1) is 12.1. The minimum atomic E-state index is -0.194. The van der Waals surface area contributed by atoms with Crippen molar-refractivity contribution in [3.8, 4) is 11.3 Å². The van der Waals surface area contributed by atoms with E-state index in [-0.39, 0.29) is 11.7 Å². The first-order valence-electron chi connectivity index (χ1n) is 8.79. The highest BCUT2D eigenvalue weighted by molar-refractivity contribution is 5.92. The minimum absolute atomic E-state index is 0.194. The second kappa shape index (κ2) is 7.70. The van der Waals surface area contributed by atoms with Crippen molar-refractivity contribution in [2.24, 2.45) is 5.92 Å². The zero-order valence-electron chi connectivity index (χ0n) is 15.1. The normalized spacial score (nSPS) is 16.0. The van der Waals surface area contributed by atoms with Gasteiger partial charge in [0.1, 0.15) is 5.69 Å². The van der Waals surface area contributed by atoms with Crippen LogP contribution in [0.25, 0.3) is 11.3 Å². The fraction of sp³-hybridized carbons (Fsp3) is 0.474. The SMILES string of the molecule is CNc1ccc(C)c(-c2cc(C(=O)NCC3CCN(C)CC3)on2)c1. The maximum Gasteiger partial charge on any atom is 0.289 e. The summed E-state index contributed by atoms with van der Waals surface area (Å²) in [4.78, 5) is 14.7. The summed E-state index contributed by atoms with van der Waals surface area (Å²) in [6.45, 7) is 4.89. The molecule has 0 aliphatic carbocycles. The van der Waals surface area contributed by atoms with Crippen molar-refractivity contribution < 1.29 is 9.32 Å². The zero-order chi connectivity index (χ0) is 17.8. The molecule has 134 valence electrons. The molecule has 1 aromatic carbocycles. The smallest absolute Gasteiger partial charge is 0.289 e. The van der Waals surface area contributed by atoms with Crippen LogP contribution in [0.15, 0.2) is 28.8 Å². The Morgan fingerprint density at radius 3 is 2.80 bits per heavy atom. The Kier molecular flexibility index (Phi) is 5.38. The van der Waals surface area contributed by atoms with E-state index in [0.717, 1.165) is 42.7 Å². The van der Waals surface area contributed by atoms with Gasteiger partial charge in [-0.1, -0.05) is 11.2 Å². The Balaban J connectivity index is 1.64. The van der Waals surface area contributed by atoms with Gasteiger partial charge in [-0.3, -0.25) is 4.79 Å². The molecule has 0 saturated carbocycles. The van der Waals surface area contributed by atoms with E-state index in [2.05, 4.69) is 27.7 Å². The lowest BCUT2D eigenvalue weighted by Gasteiger charge is -2.28. The Labute approximate surface area is 148 Å². The van der Waals surface area contributed by atoms with Crippen LogP contribution in [0.5, 0.6) is 0 Å². The number of nitrogens with zero attached hydrogens (tertiary/aromatic N) is 2. The fourth-order valence-electron chi connectivity index (χ4n) is 3.15. The van der Waals surface area contributed by atoms with Crippen molar-refractivity contribution in [3.05, 3.63) is 35.6 Å². The van der Waals surface area contributed by atoms with E-state index in [0.29, 0.717) is 18.2 Å². The molecular formula is C19H26N4O2. The van der Waals surface area contributed by atoms with E-state index in [1.54, 1.807) is 6.07 Å². The molecule has 0 unspecified atom stereocenters. The number of aromatic nitrogens is 1. The number of nitrogens with one attached hydrogen (secondary N) is 2. The van der Waals surface area contributed by atoms with E-state index >= 15 is 0 Å². The molecule has 1 saturated heterocycles. The average Bonchev–Trinajstić information content (AvgIpc) is 3.11. The van der Waals surface area contributed by atoms with Crippen LogP contribution in [0.3, 0.4) is 0 Å². The van der Waals surface area contributed by atoms with Crippen molar-refractivity contribution in [1.29, 1.82) is 0 Å². The Hall–Kier alpha value is -2.34. The average molecular weight is 342 g/mol. The number of amides is 1. The monoisotopic (exact) mass is 342 g/mol. The third kappa shape index (κ3) is 4.20. The zero-order valence-corrected chi connectivity index (χ0v) is 15.1. The van der Waals surface area contributed by atoms with E-state index in [4.69, 9.17) is 4.52 Å². The topological polar surface area (TPSA) is 70.4 Å². The molecule has 1 aliphatic rings. The van der Waals surface area contributed by atoms with Crippen LogP contribution in [0.2, 0.25) is 0 Å². The van der Waals surface area contributed by atoms with Gasteiger partial charge in [0.05, 0.1) is 0 Å². The third-order valence-electron chi connectivity index (χ3n) is 4.93. The summed E-state index contributed by atoms with van der Waals surface area (Å²) < 4.78 is 5.28. The first-order valence-corrected chi connectivity index (χ1v) is 8.79. The third-order valence-corrected chi connectivity index (χ3v) is 4.93. The molecule has 0 spiro atoms. The number of rotatable bonds is 5. The predicted molar refractivity (Wildman–Crippen MR) is 98.8 cm³/mol. The van der Waals surface area contributed by atoms with Gasteiger partial charge >= 0.3 is 0 Å². The van der Waals surface area contributed by atoms with Crippen molar-refractivity contribution >= 4 is 11.6 Å². The molecule has 1 aromatic heterocycles. The quantitative estimate of drug-likeness (QED) is 0.874. The van der Waals surface area contributed by atoms with Crippen molar-refractivity contribution in [2.75, 3.05) is 39.0 Å². The van der Waals surface area contributed by atoms with Gasteiger partial charge in [-0.2, -0.15) is 0 Å².